The summed E-state index contributed by atoms with van der Waals surface area (Å²) in [5.74, 6) is 0.0509. The third-order valence-corrected chi connectivity index (χ3v) is 2.22. The van der Waals surface area contributed by atoms with Crippen LogP contribution in [0.15, 0.2) is 0 Å². The molecular weight excluding hydrogens is 130 g/mol. The largest absolute Gasteiger partial charge is 0.372 e. The lowest BCUT2D eigenvalue weighted by Crippen LogP contribution is -2.36. The summed E-state index contributed by atoms with van der Waals surface area (Å²) in [6.45, 7) is 0.987. The molecule has 1 N–H and O–H groups in total. The van der Waals surface area contributed by atoms with Crippen molar-refractivity contribution in [2.45, 2.75) is 24.8 Å². The van der Waals surface area contributed by atoms with E-state index in [4.69, 9.17) is 4.74 Å². The molecule has 2 aliphatic rings. The van der Waals surface area contributed by atoms with Crippen LogP contribution in [0.5, 0.6) is 0 Å². The first-order chi connectivity index (χ1) is 4.81. The van der Waals surface area contributed by atoms with E-state index in [0.29, 0.717) is 0 Å². The van der Waals surface area contributed by atoms with Crippen LogP contribution in [0.25, 0.3) is 0 Å². The van der Waals surface area contributed by atoms with E-state index in [1.165, 1.54) is 0 Å². The molecule has 0 radical (unpaired) electrons. The average molecular weight is 141 g/mol. The van der Waals surface area contributed by atoms with E-state index < -0.39 is 0 Å². The summed E-state index contributed by atoms with van der Waals surface area (Å²) in [5.41, 5.74) is 0.160. The molecule has 1 amide bonds. The fourth-order valence-corrected chi connectivity index (χ4v) is 1.35. The van der Waals surface area contributed by atoms with E-state index in [1.807, 2.05) is 0 Å². The van der Waals surface area contributed by atoms with Crippen LogP contribution >= 0.6 is 0 Å². The number of carbonyl (C=O) groups is 1. The van der Waals surface area contributed by atoms with Crippen LogP contribution in [0.1, 0.15) is 19.3 Å². The number of carbonyl (C=O) groups excluding carboxylic acids is 1. The molecule has 3 heteroatoms. The Labute approximate surface area is 59.7 Å². The first-order valence-electron chi connectivity index (χ1n) is 3.70. The molecule has 56 valence electrons. The molecule has 0 bridgehead atoms. The fourth-order valence-electron chi connectivity index (χ4n) is 1.35. The van der Waals surface area contributed by atoms with E-state index in [0.717, 1.165) is 25.9 Å². The van der Waals surface area contributed by atoms with Gasteiger partial charge < -0.3 is 10.1 Å². The molecule has 0 aromatic heterocycles. The summed E-state index contributed by atoms with van der Waals surface area (Å²) in [7, 11) is 0. The summed E-state index contributed by atoms with van der Waals surface area (Å²) in [6, 6.07) is 0. The Balaban J connectivity index is 2.03. The number of hydrogen-bond donors (Lipinski definition) is 1. The second-order valence-electron chi connectivity index (χ2n) is 3.13. The molecule has 2 rings (SSSR count). The van der Waals surface area contributed by atoms with Crippen LogP contribution in [0, 0.1) is 0 Å². The summed E-state index contributed by atoms with van der Waals surface area (Å²) < 4.78 is 5.07. The minimum Gasteiger partial charge on any atom is -0.372 e. The predicted octanol–water partition coefficient (Wildman–Crippen LogP) is 0.0555. The molecule has 0 unspecified atom stereocenters. The van der Waals surface area contributed by atoms with Gasteiger partial charge in [-0.2, -0.15) is 0 Å². The van der Waals surface area contributed by atoms with Crippen molar-refractivity contribution in [2.24, 2.45) is 0 Å². The Morgan fingerprint density at radius 3 is 2.90 bits per heavy atom. The van der Waals surface area contributed by atoms with Crippen molar-refractivity contribution in [2.75, 3.05) is 13.2 Å². The van der Waals surface area contributed by atoms with Crippen molar-refractivity contribution < 1.29 is 9.53 Å². The van der Waals surface area contributed by atoms with Crippen molar-refractivity contribution >= 4 is 5.91 Å². The predicted molar refractivity (Wildman–Crippen MR) is 35.5 cm³/mol. The van der Waals surface area contributed by atoms with E-state index in [1.54, 1.807) is 0 Å². The molecule has 3 nitrogen and oxygen atoms in total. The number of rotatable bonds is 0. The molecule has 10 heavy (non-hydrogen) atoms. The van der Waals surface area contributed by atoms with Crippen molar-refractivity contribution in [1.29, 1.82) is 0 Å². The molecular formula is C7H11NO2. The smallest absolute Gasteiger partial charge is 0.246 e. The van der Waals surface area contributed by atoms with Crippen molar-refractivity contribution in [1.82, 2.24) is 5.32 Å². The number of nitrogens with one attached hydrogen (secondary N) is 1. The lowest BCUT2D eigenvalue weighted by atomic mass is 10.2. The Hall–Kier alpha value is -0.570. The van der Waals surface area contributed by atoms with Gasteiger partial charge in [-0.3, -0.25) is 4.79 Å². The van der Waals surface area contributed by atoms with Gasteiger partial charge in [0.05, 0.1) is 0 Å². The van der Waals surface area contributed by atoms with Gasteiger partial charge in [0.1, 0.15) is 6.61 Å². The highest BCUT2D eigenvalue weighted by atomic mass is 16.5. The van der Waals surface area contributed by atoms with Gasteiger partial charge in [-0.05, 0) is 19.3 Å². The van der Waals surface area contributed by atoms with Crippen molar-refractivity contribution in [3.63, 3.8) is 0 Å². The van der Waals surface area contributed by atoms with Crippen LogP contribution in [0.4, 0.5) is 0 Å². The average Bonchev–Trinajstić information content (AvgIpc) is 2.64. The molecule has 1 saturated heterocycles. The normalized spacial score (nSPS) is 29.4. The molecule has 1 heterocycles. The summed E-state index contributed by atoms with van der Waals surface area (Å²) in [5, 5.41) is 2.97. The van der Waals surface area contributed by atoms with Gasteiger partial charge in [-0.1, -0.05) is 0 Å². The Kier molecular flexibility index (Phi) is 1.20. The summed E-state index contributed by atoms with van der Waals surface area (Å²) in [4.78, 5) is 10.9. The van der Waals surface area contributed by atoms with Gasteiger partial charge in [0.2, 0.25) is 5.91 Å². The quantitative estimate of drug-likeness (QED) is 0.518. The van der Waals surface area contributed by atoms with Gasteiger partial charge in [-0.15, -0.1) is 0 Å². The van der Waals surface area contributed by atoms with Crippen LogP contribution in [0.3, 0.4) is 0 Å². The lowest BCUT2D eigenvalue weighted by molar-refractivity contribution is -0.124. The summed E-state index contributed by atoms with van der Waals surface area (Å²) >= 11 is 0. The van der Waals surface area contributed by atoms with Crippen LogP contribution in [-0.4, -0.2) is 24.7 Å². The van der Waals surface area contributed by atoms with Gasteiger partial charge in [0.15, 0.2) is 0 Å². The minimum atomic E-state index is 0.0509. The Bertz CT molecular complexity index is 163. The summed E-state index contributed by atoms with van der Waals surface area (Å²) in [6.07, 6.45) is 3.28. The van der Waals surface area contributed by atoms with E-state index >= 15 is 0 Å². The van der Waals surface area contributed by atoms with Crippen molar-refractivity contribution in [3.8, 4) is 0 Å². The SMILES string of the molecule is O=C1COCCC2(CC2)N1. The highest BCUT2D eigenvalue weighted by Crippen LogP contribution is 2.39. The monoisotopic (exact) mass is 141 g/mol. The number of ether oxygens (including phenoxy) is 1. The Morgan fingerprint density at radius 2 is 2.20 bits per heavy atom. The molecule has 2 fully saturated rings. The number of amides is 1. The second kappa shape index (κ2) is 1.95. The fraction of sp³-hybridized carbons (Fsp3) is 0.857. The van der Waals surface area contributed by atoms with Crippen LogP contribution < -0.4 is 5.32 Å². The van der Waals surface area contributed by atoms with E-state index in [2.05, 4.69) is 5.32 Å². The third-order valence-electron chi connectivity index (χ3n) is 2.22. The molecule has 1 aliphatic heterocycles. The maximum absolute atomic E-state index is 10.9. The van der Waals surface area contributed by atoms with Gasteiger partial charge >= 0.3 is 0 Å². The number of hydrogen-bond acceptors (Lipinski definition) is 2. The first-order valence-corrected chi connectivity index (χ1v) is 3.70. The van der Waals surface area contributed by atoms with Crippen LogP contribution in [-0.2, 0) is 9.53 Å². The molecule has 0 atom stereocenters. The zero-order chi connectivity index (χ0) is 7.03. The molecule has 1 saturated carbocycles. The lowest BCUT2D eigenvalue weighted by Gasteiger charge is -2.10. The molecule has 1 spiro atoms. The van der Waals surface area contributed by atoms with Gasteiger partial charge in [-0.25, -0.2) is 0 Å². The third kappa shape index (κ3) is 1.01. The molecule has 1 aliphatic carbocycles. The minimum absolute atomic E-state index is 0.0509. The Morgan fingerprint density at radius 1 is 1.40 bits per heavy atom. The maximum atomic E-state index is 10.9. The zero-order valence-electron chi connectivity index (χ0n) is 5.85. The second-order valence-corrected chi connectivity index (χ2v) is 3.13. The molecule has 0 aromatic rings. The topological polar surface area (TPSA) is 38.3 Å². The van der Waals surface area contributed by atoms with E-state index in [-0.39, 0.29) is 18.1 Å². The maximum Gasteiger partial charge on any atom is 0.246 e. The van der Waals surface area contributed by atoms with Gasteiger partial charge in [0, 0.05) is 12.1 Å². The van der Waals surface area contributed by atoms with Gasteiger partial charge in [0.25, 0.3) is 0 Å². The van der Waals surface area contributed by atoms with E-state index in [9.17, 15) is 4.79 Å². The van der Waals surface area contributed by atoms with Crippen molar-refractivity contribution in [3.05, 3.63) is 0 Å². The zero-order valence-corrected chi connectivity index (χ0v) is 5.85. The standard InChI is InChI=1S/C7H11NO2/c9-6-5-10-4-3-7(8-6)1-2-7/h1-5H2,(H,8,9). The highest BCUT2D eigenvalue weighted by molar-refractivity contribution is 5.78. The van der Waals surface area contributed by atoms with Crippen LogP contribution in [0.2, 0.25) is 0 Å². The highest BCUT2D eigenvalue weighted by Gasteiger charge is 2.44. The molecule has 0 aromatic carbocycles. The first kappa shape index (κ1) is 6.16.